The van der Waals surface area contributed by atoms with Crippen molar-refractivity contribution in [2.45, 2.75) is 12.8 Å². The quantitative estimate of drug-likeness (QED) is 0.418. The van der Waals surface area contributed by atoms with Crippen LogP contribution in [0.25, 0.3) is 0 Å². The highest BCUT2D eigenvalue weighted by Crippen LogP contribution is 2.32. The van der Waals surface area contributed by atoms with Crippen LogP contribution in [-0.2, 0) is 0 Å². The molecule has 1 aliphatic carbocycles. The Balaban J connectivity index is 0.000000290. The van der Waals surface area contributed by atoms with E-state index in [0.29, 0.717) is 0 Å². The van der Waals surface area contributed by atoms with Gasteiger partial charge in [-0.1, -0.05) is 107 Å². The van der Waals surface area contributed by atoms with Gasteiger partial charge >= 0.3 is 0 Å². The number of alkyl halides is 1. The van der Waals surface area contributed by atoms with Gasteiger partial charge in [0.1, 0.15) is 0 Å². The van der Waals surface area contributed by atoms with E-state index in [1.807, 2.05) is 0 Å². The maximum atomic E-state index is 3.38. The first kappa shape index (κ1) is 17.4. The fourth-order valence-electron chi connectivity index (χ4n) is 2.45. The molecule has 0 aliphatic heterocycles. The Bertz CT molecular complexity index is 615. The number of benzene rings is 3. The zero-order chi connectivity index (χ0) is 16.6. The maximum Gasteiger partial charge on any atom is 0.00596 e. The second-order valence-corrected chi connectivity index (χ2v) is 8.81. The van der Waals surface area contributed by atoms with Crippen molar-refractivity contribution in [1.82, 2.24) is 0 Å². The summed E-state index contributed by atoms with van der Waals surface area (Å²) in [5.41, 5.74) is 0. The molecule has 0 heterocycles. The molecule has 4 rings (SSSR count). The van der Waals surface area contributed by atoms with E-state index in [-0.39, 0.29) is 0 Å². The van der Waals surface area contributed by atoms with Crippen molar-refractivity contribution in [3.63, 3.8) is 0 Å². The van der Waals surface area contributed by atoms with Crippen molar-refractivity contribution < 1.29 is 0 Å². The predicted molar refractivity (Wildman–Crippen MR) is 112 cm³/mol. The summed E-state index contributed by atoms with van der Waals surface area (Å²) in [4.78, 5) is 0. The molecular formula is C22H22BrP. The molecule has 0 atom stereocenters. The van der Waals surface area contributed by atoms with Crippen LogP contribution in [0.3, 0.4) is 0 Å². The van der Waals surface area contributed by atoms with Crippen LogP contribution in [0, 0.1) is 5.92 Å². The van der Waals surface area contributed by atoms with Gasteiger partial charge in [-0.15, -0.1) is 0 Å². The van der Waals surface area contributed by atoms with Gasteiger partial charge in [0.05, 0.1) is 0 Å². The Morgan fingerprint density at radius 1 is 0.625 bits per heavy atom. The molecule has 1 fully saturated rings. The lowest BCUT2D eigenvalue weighted by Gasteiger charge is -2.18. The van der Waals surface area contributed by atoms with Gasteiger partial charge < -0.3 is 0 Å². The summed E-state index contributed by atoms with van der Waals surface area (Å²) in [5, 5.41) is 5.42. The van der Waals surface area contributed by atoms with Gasteiger partial charge in [0.25, 0.3) is 0 Å². The third kappa shape index (κ3) is 5.03. The normalized spacial score (nSPS) is 13.2. The summed E-state index contributed by atoms with van der Waals surface area (Å²) in [7, 11) is -0.446. The van der Waals surface area contributed by atoms with Crippen molar-refractivity contribution >= 4 is 39.8 Å². The first-order valence-corrected chi connectivity index (χ1v) is 10.9. The second kappa shape index (κ2) is 9.16. The molecule has 2 heteroatoms. The van der Waals surface area contributed by atoms with Gasteiger partial charge in [0.2, 0.25) is 0 Å². The van der Waals surface area contributed by atoms with Crippen LogP contribution in [0.15, 0.2) is 91.0 Å². The molecule has 0 spiro atoms. The Morgan fingerprint density at radius 2 is 0.958 bits per heavy atom. The van der Waals surface area contributed by atoms with E-state index in [9.17, 15) is 0 Å². The molecule has 0 bridgehead atoms. The summed E-state index contributed by atoms with van der Waals surface area (Å²) in [6.45, 7) is 0. The zero-order valence-corrected chi connectivity index (χ0v) is 16.2. The zero-order valence-electron chi connectivity index (χ0n) is 13.7. The maximum absolute atomic E-state index is 3.38. The Kier molecular flexibility index (Phi) is 6.64. The lowest BCUT2D eigenvalue weighted by atomic mass is 10.4. The third-order valence-electron chi connectivity index (χ3n) is 3.96. The average Bonchev–Trinajstić information content (AvgIpc) is 3.50. The molecule has 1 aliphatic rings. The Labute approximate surface area is 154 Å². The molecule has 0 aromatic heterocycles. The molecule has 0 nitrogen and oxygen atoms in total. The van der Waals surface area contributed by atoms with E-state index in [2.05, 4.69) is 107 Å². The van der Waals surface area contributed by atoms with E-state index in [1.165, 1.54) is 34.1 Å². The standard InChI is InChI=1S/C18H15P.C4H7Br/c1-4-10-16(11-5-1)19(17-12-6-2-7-13-17)18-14-8-3-9-15-18;5-3-4-1-2-4/h1-15H;4H,1-3H2. The van der Waals surface area contributed by atoms with Crippen LogP contribution in [0.2, 0.25) is 0 Å². The fraction of sp³-hybridized carbons (Fsp3) is 0.182. The van der Waals surface area contributed by atoms with Crippen LogP contribution in [0.4, 0.5) is 0 Å². The second-order valence-electron chi connectivity index (χ2n) is 5.94. The van der Waals surface area contributed by atoms with Gasteiger partial charge in [-0.3, -0.25) is 0 Å². The molecule has 0 unspecified atom stereocenters. The molecule has 0 saturated heterocycles. The lowest BCUT2D eigenvalue weighted by molar-refractivity contribution is 1.01. The number of halogens is 1. The van der Waals surface area contributed by atoms with Crippen LogP contribution in [0.5, 0.6) is 0 Å². The summed E-state index contributed by atoms with van der Waals surface area (Å²) >= 11 is 3.38. The molecule has 0 N–H and O–H groups in total. The van der Waals surface area contributed by atoms with Crippen LogP contribution >= 0.6 is 23.9 Å². The molecular weight excluding hydrogens is 375 g/mol. The molecule has 0 amide bonds. The number of hydrogen-bond acceptors (Lipinski definition) is 0. The highest BCUT2D eigenvalue weighted by Gasteiger charge is 2.18. The van der Waals surface area contributed by atoms with Gasteiger partial charge in [0, 0.05) is 5.33 Å². The van der Waals surface area contributed by atoms with Gasteiger partial charge in [-0.2, -0.15) is 0 Å². The van der Waals surface area contributed by atoms with Gasteiger partial charge in [-0.25, -0.2) is 0 Å². The summed E-state index contributed by atoms with van der Waals surface area (Å²) in [6.07, 6.45) is 2.93. The lowest BCUT2D eigenvalue weighted by Crippen LogP contribution is -2.20. The monoisotopic (exact) mass is 396 g/mol. The molecule has 0 radical (unpaired) electrons. The summed E-state index contributed by atoms with van der Waals surface area (Å²) in [6, 6.07) is 32.3. The largest absolute Gasteiger partial charge is 0.0925 e. The van der Waals surface area contributed by atoms with Crippen molar-refractivity contribution in [3.8, 4) is 0 Å². The highest BCUT2D eigenvalue weighted by atomic mass is 79.9. The Morgan fingerprint density at radius 3 is 1.17 bits per heavy atom. The van der Waals surface area contributed by atoms with Crippen LogP contribution in [0.1, 0.15) is 12.8 Å². The van der Waals surface area contributed by atoms with E-state index in [1.54, 1.807) is 0 Å². The van der Waals surface area contributed by atoms with Crippen LogP contribution < -0.4 is 15.9 Å². The van der Waals surface area contributed by atoms with Crippen molar-refractivity contribution in [1.29, 1.82) is 0 Å². The van der Waals surface area contributed by atoms with Gasteiger partial charge in [-0.05, 0) is 42.6 Å². The Hall–Kier alpha value is -1.43. The van der Waals surface area contributed by atoms with Crippen molar-refractivity contribution in [2.75, 3.05) is 5.33 Å². The molecule has 3 aromatic carbocycles. The van der Waals surface area contributed by atoms with E-state index >= 15 is 0 Å². The third-order valence-corrected chi connectivity index (χ3v) is 7.32. The molecule has 3 aromatic rings. The minimum Gasteiger partial charge on any atom is -0.0925 e. The van der Waals surface area contributed by atoms with E-state index < -0.39 is 7.92 Å². The van der Waals surface area contributed by atoms with Crippen molar-refractivity contribution in [2.24, 2.45) is 5.92 Å². The van der Waals surface area contributed by atoms with Crippen LogP contribution in [-0.4, -0.2) is 5.33 Å². The topological polar surface area (TPSA) is 0 Å². The summed E-state index contributed by atoms with van der Waals surface area (Å²) in [5.74, 6) is 1.05. The number of rotatable bonds is 4. The molecule has 24 heavy (non-hydrogen) atoms. The first-order chi connectivity index (χ1) is 11.9. The SMILES string of the molecule is BrCC1CC1.c1ccc(P(c2ccccc2)c2ccccc2)cc1. The van der Waals surface area contributed by atoms with E-state index in [0.717, 1.165) is 5.92 Å². The fourth-order valence-corrected chi connectivity index (χ4v) is 5.40. The van der Waals surface area contributed by atoms with Gasteiger partial charge in [0.15, 0.2) is 0 Å². The minimum atomic E-state index is -0.446. The summed E-state index contributed by atoms with van der Waals surface area (Å²) < 4.78 is 0. The smallest absolute Gasteiger partial charge is 0.00596 e. The predicted octanol–water partition coefficient (Wildman–Crippen LogP) is 5.24. The molecule has 122 valence electrons. The van der Waals surface area contributed by atoms with E-state index in [4.69, 9.17) is 0 Å². The minimum absolute atomic E-state index is 0.446. The highest BCUT2D eigenvalue weighted by molar-refractivity contribution is 9.09. The first-order valence-electron chi connectivity index (χ1n) is 8.39. The average molecular weight is 397 g/mol. The van der Waals surface area contributed by atoms with Crippen molar-refractivity contribution in [3.05, 3.63) is 91.0 Å². The molecule has 1 saturated carbocycles. The number of hydrogen-bond donors (Lipinski definition) is 0.